The fourth-order valence-electron chi connectivity index (χ4n) is 0.704. The molecular formula is C7H10N2OS. The highest BCUT2D eigenvalue weighted by Gasteiger charge is 2.12. The molecule has 0 aliphatic rings. The average molecular weight is 170 g/mol. The highest BCUT2D eigenvalue weighted by Crippen LogP contribution is 2.10. The molecule has 1 rings (SSSR count). The van der Waals surface area contributed by atoms with E-state index in [1.807, 2.05) is 6.92 Å². The van der Waals surface area contributed by atoms with E-state index >= 15 is 0 Å². The van der Waals surface area contributed by atoms with Gasteiger partial charge in [-0.3, -0.25) is 4.79 Å². The smallest absolute Gasteiger partial charge is 0.190 e. The van der Waals surface area contributed by atoms with Crippen molar-refractivity contribution in [3.05, 3.63) is 16.6 Å². The van der Waals surface area contributed by atoms with E-state index in [9.17, 15) is 4.79 Å². The normalized spacial score (nSPS) is 13.0. The predicted octanol–water partition coefficient (Wildman–Crippen LogP) is 0.981. The molecule has 1 heterocycles. The molecule has 11 heavy (non-hydrogen) atoms. The van der Waals surface area contributed by atoms with Crippen LogP contribution in [0.1, 0.15) is 22.3 Å². The Morgan fingerprint density at radius 3 is 2.82 bits per heavy atom. The Kier molecular flexibility index (Phi) is 2.36. The lowest BCUT2D eigenvalue weighted by molar-refractivity contribution is 0.0972. The molecule has 2 N–H and O–H groups in total. The summed E-state index contributed by atoms with van der Waals surface area (Å²) >= 11 is 1.21. The van der Waals surface area contributed by atoms with Crippen molar-refractivity contribution in [1.29, 1.82) is 0 Å². The van der Waals surface area contributed by atoms with Crippen LogP contribution in [0.25, 0.3) is 0 Å². The molecule has 4 heteroatoms. The Bertz CT molecular complexity index is 267. The van der Waals surface area contributed by atoms with E-state index in [2.05, 4.69) is 4.37 Å². The second kappa shape index (κ2) is 3.11. The minimum absolute atomic E-state index is 0.0319. The highest BCUT2D eigenvalue weighted by atomic mass is 32.1. The number of aromatic nitrogens is 1. The number of carbonyl (C=O) groups is 1. The lowest BCUT2D eigenvalue weighted by Gasteiger charge is -1.98. The first kappa shape index (κ1) is 8.36. The van der Waals surface area contributed by atoms with Gasteiger partial charge in [0.1, 0.15) is 0 Å². The summed E-state index contributed by atoms with van der Waals surface area (Å²) in [6.07, 6.45) is 0. The van der Waals surface area contributed by atoms with Crippen molar-refractivity contribution in [1.82, 2.24) is 4.37 Å². The number of ketones is 1. The van der Waals surface area contributed by atoms with Gasteiger partial charge < -0.3 is 5.73 Å². The van der Waals surface area contributed by atoms with Crippen LogP contribution in [0.2, 0.25) is 0 Å². The van der Waals surface area contributed by atoms with Gasteiger partial charge in [0.15, 0.2) is 5.78 Å². The van der Waals surface area contributed by atoms with E-state index in [-0.39, 0.29) is 5.78 Å². The van der Waals surface area contributed by atoms with Gasteiger partial charge in [-0.2, -0.15) is 4.37 Å². The van der Waals surface area contributed by atoms with E-state index in [0.29, 0.717) is 4.88 Å². The molecule has 0 spiro atoms. The summed E-state index contributed by atoms with van der Waals surface area (Å²) in [7, 11) is 0. The van der Waals surface area contributed by atoms with Crippen LogP contribution in [0.4, 0.5) is 0 Å². The molecule has 0 fully saturated rings. The maximum atomic E-state index is 11.2. The van der Waals surface area contributed by atoms with E-state index in [4.69, 9.17) is 5.73 Å². The number of hydrogen-bond acceptors (Lipinski definition) is 4. The maximum Gasteiger partial charge on any atom is 0.190 e. The Balaban J connectivity index is 2.85. The van der Waals surface area contributed by atoms with Gasteiger partial charge in [-0.15, -0.1) is 0 Å². The quantitative estimate of drug-likeness (QED) is 0.673. The van der Waals surface area contributed by atoms with Crippen molar-refractivity contribution in [2.75, 3.05) is 0 Å². The molecule has 0 saturated carbocycles. The van der Waals surface area contributed by atoms with Gasteiger partial charge in [-0.25, -0.2) is 0 Å². The molecule has 0 bridgehead atoms. The predicted molar refractivity (Wildman–Crippen MR) is 44.8 cm³/mol. The SMILES string of the molecule is Cc1cc(C(=O)[C@H](C)N)sn1. The molecule has 1 aromatic rings. The number of nitrogens with zero attached hydrogens (tertiary/aromatic N) is 1. The molecule has 0 aromatic carbocycles. The van der Waals surface area contributed by atoms with E-state index in [0.717, 1.165) is 5.69 Å². The summed E-state index contributed by atoms with van der Waals surface area (Å²) in [5.41, 5.74) is 6.28. The number of aryl methyl sites for hydroxylation is 1. The van der Waals surface area contributed by atoms with Gasteiger partial charge in [0.2, 0.25) is 0 Å². The van der Waals surface area contributed by atoms with Crippen LogP contribution in [-0.4, -0.2) is 16.2 Å². The van der Waals surface area contributed by atoms with Crippen LogP contribution in [0.5, 0.6) is 0 Å². The minimum Gasteiger partial charge on any atom is -0.321 e. The van der Waals surface area contributed by atoms with Crippen LogP contribution in [0, 0.1) is 6.92 Å². The zero-order chi connectivity index (χ0) is 8.43. The molecule has 60 valence electrons. The summed E-state index contributed by atoms with van der Waals surface area (Å²) in [4.78, 5) is 11.9. The number of carbonyl (C=O) groups excluding carboxylic acids is 1. The standard InChI is InChI=1S/C7H10N2OS/c1-4-3-6(11-9-4)7(10)5(2)8/h3,5H,8H2,1-2H3/t5-/m0/s1. The summed E-state index contributed by atoms with van der Waals surface area (Å²) in [5, 5.41) is 0. The highest BCUT2D eigenvalue weighted by molar-refractivity contribution is 7.08. The van der Waals surface area contributed by atoms with Crippen molar-refractivity contribution >= 4 is 17.3 Å². The molecule has 0 unspecified atom stereocenters. The molecule has 3 nitrogen and oxygen atoms in total. The van der Waals surface area contributed by atoms with Crippen molar-refractivity contribution in [3.63, 3.8) is 0 Å². The van der Waals surface area contributed by atoms with Gasteiger partial charge in [0, 0.05) is 0 Å². The topological polar surface area (TPSA) is 56.0 Å². The first-order valence-corrected chi connectivity index (χ1v) is 4.11. The van der Waals surface area contributed by atoms with Crippen LogP contribution in [-0.2, 0) is 0 Å². The lowest BCUT2D eigenvalue weighted by atomic mass is 10.2. The van der Waals surface area contributed by atoms with Crippen molar-refractivity contribution in [3.8, 4) is 0 Å². The second-order valence-corrected chi connectivity index (χ2v) is 3.29. The third kappa shape index (κ3) is 1.85. The van der Waals surface area contributed by atoms with Gasteiger partial charge in [-0.1, -0.05) is 0 Å². The fourth-order valence-corrected chi connectivity index (χ4v) is 1.50. The summed E-state index contributed by atoms with van der Waals surface area (Å²) < 4.78 is 3.99. The third-order valence-electron chi connectivity index (χ3n) is 1.28. The van der Waals surface area contributed by atoms with Gasteiger partial charge in [0.25, 0.3) is 0 Å². The zero-order valence-corrected chi connectivity index (χ0v) is 7.31. The summed E-state index contributed by atoms with van der Waals surface area (Å²) in [5.74, 6) is -0.0319. The van der Waals surface area contributed by atoms with E-state index < -0.39 is 6.04 Å². The first-order chi connectivity index (χ1) is 5.11. The third-order valence-corrected chi connectivity index (χ3v) is 2.18. The van der Waals surface area contributed by atoms with Gasteiger partial charge in [0.05, 0.1) is 16.6 Å². The number of rotatable bonds is 2. The van der Waals surface area contributed by atoms with Crippen LogP contribution in [0.15, 0.2) is 6.07 Å². The maximum absolute atomic E-state index is 11.2. The van der Waals surface area contributed by atoms with Crippen molar-refractivity contribution in [2.24, 2.45) is 5.73 Å². The largest absolute Gasteiger partial charge is 0.321 e. The Hall–Kier alpha value is -0.740. The number of Topliss-reactive ketones (excluding diaryl/α,β-unsaturated/α-hetero) is 1. The Labute approximate surface area is 69.4 Å². The number of nitrogens with two attached hydrogens (primary N) is 1. The molecule has 0 aliphatic heterocycles. The first-order valence-electron chi connectivity index (χ1n) is 3.34. The van der Waals surface area contributed by atoms with Gasteiger partial charge in [-0.05, 0) is 31.4 Å². The van der Waals surface area contributed by atoms with Crippen LogP contribution >= 0.6 is 11.5 Å². The van der Waals surface area contributed by atoms with Crippen molar-refractivity contribution in [2.45, 2.75) is 19.9 Å². The zero-order valence-electron chi connectivity index (χ0n) is 6.50. The Morgan fingerprint density at radius 2 is 2.45 bits per heavy atom. The molecule has 1 aromatic heterocycles. The van der Waals surface area contributed by atoms with Crippen LogP contribution < -0.4 is 5.73 Å². The number of hydrogen-bond donors (Lipinski definition) is 1. The second-order valence-electron chi connectivity index (χ2n) is 2.49. The molecule has 1 atom stereocenters. The minimum atomic E-state index is -0.421. The molecule has 0 aliphatic carbocycles. The molecule has 0 saturated heterocycles. The average Bonchev–Trinajstić information content (AvgIpc) is 2.34. The van der Waals surface area contributed by atoms with Crippen molar-refractivity contribution < 1.29 is 4.79 Å². The molecule has 0 radical (unpaired) electrons. The lowest BCUT2D eigenvalue weighted by Crippen LogP contribution is -2.25. The fraction of sp³-hybridized carbons (Fsp3) is 0.429. The van der Waals surface area contributed by atoms with E-state index in [1.54, 1.807) is 13.0 Å². The van der Waals surface area contributed by atoms with E-state index in [1.165, 1.54) is 11.5 Å². The van der Waals surface area contributed by atoms with Gasteiger partial charge >= 0.3 is 0 Å². The Morgan fingerprint density at radius 1 is 1.82 bits per heavy atom. The summed E-state index contributed by atoms with van der Waals surface area (Å²) in [6.45, 7) is 3.53. The summed E-state index contributed by atoms with van der Waals surface area (Å²) in [6, 6.07) is 1.34. The monoisotopic (exact) mass is 170 g/mol. The molecule has 0 amide bonds. The van der Waals surface area contributed by atoms with Crippen LogP contribution in [0.3, 0.4) is 0 Å². The molecular weight excluding hydrogens is 160 g/mol.